The van der Waals surface area contributed by atoms with E-state index in [1.807, 2.05) is 32.0 Å². The summed E-state index contributed by atoms with van der Waals surface area (Å²) in [4.78, 5) is 25.2. The zero-order valence-electron chi connectivity index (χ0n) is 13.1. The van der Waals surface area contributed by atoms with E-state index in [0.717, 1.165) is 5.56 Å². The largest absolute Gasteiger partial charge is 0.481 e. The van der Waals surface area contributed by atoms with Crippen molar-refractivity contribution in [3.8, 4) is 5.75 Å². The average molecular weight is 293 g/mol. The number of nitrogens with zero attached hydrogens (tertiary/aromatic N) is 1. The third-order valence-electron chi connectivity index (χ3n) is 2.97. The highest BCUT2D eigenvalue weighted by Gasteiger charge is 2.23. The van der Waals surface area contributed by atoms with Gasteiger partial charge < -0.3 is 14.4 Å². The molecule has 0 spiro atoms. The Morgan fingerprint density at radius 2 is 2.00 bits per heavy atom. The molecule has 1 rings (SSSR count). The summed E-state index contributed by atoms with van der Waals surface area (Å²) in [6.07, 6.45) is -0.652. The van der Waals surface area contributed by atoms with Crippen LogP contribution in [0.2, 0.25) is 0 Å². The van der Waals surface area contributed by atoms with Gasteiger partial charge in [-0.1, -0.05) is 12.1 Å². The molecule has 0 aliphatic heterocycles. The highest BCUT2D eigenvalue weighted by Crippen LogP contribution is 2.15. The lowest BCUT2D eigenvalue weighted by molar-refractivity contribution is -0.150. The van der Waals surface area contributed by atoms with Crippen molar-refractivity contribution >= 4 is 11.9 Å². The van der Waals surface area contributed by atoms with Crippen LogP contribution < -0.4 is 4.74 Å². The Morgan fingerprint density at radius 3 is 2.57 bits per heavy atom. The minimum absolute atomic E-state index is 0.0509. The van der Waals surface area contributed by atoms with E-state index in [1.54, 1.807) is 19.9 Å². The summed E-state index contributed by atoms with van der Waals surface area (Å²) in [7, 11) is 0. The van der Waals surface area contributed by atoms with E-state index in [0.29, 0.717) is 18.9 Å². The van der Waals surface area contributed by atoms with Crippen LogP contribution in [-0.2, 0) is 14.3 Å². The molecule has 1 unspecified atom stereocenters. The molecule has 5 heteroatoms. The fourth-order valence-corrected chi connectivity index (χ4v) is 1.91. The van der Waals surface area contributed by atoms with E-state index >= 15 is 0 Å². The lowest BCUT2D eigenvalue weighted by Crippen LogP contribution is -2.43. The maximum absolute atomic E-state index is 12.3. The molecule has 1 amide bonds. The third-order valence-corrected chi connectivity index (χ3v) is 2.97. The number of benzene rings is 1. The fraction of sp³-hybridized carbons (Fsp3) is 0.500. The van der Waals surface area contributed by atoms with Crippen molar-refractivity contribution in [2.75, 3.05) is 19.7 Å². The highest BCUT2D eigenvalue weighted by atomic mass is 16.5. The minimum Gasteiger partial charge on any atom is -0.481 e. The second kappa shape index (κ2) is 8.29. The van der Waals surface area contributed by atoms with Crippen LogP contribution in [0.4, 0.5) is 0 Å². The Morgan fingerprint density at radius 1 is 1.29 bits per heavy atom. The van der Waals surface area contributed by atoms with Crippen LogP contribution >= 0.6 is 0 Å². The number of hydrogen-bond donors (Lipinski definition) is 0. The summed E-state index contributed by atoms with van der Waals surface area (Å²) < 4.78 is 10.5. The molecule has 0 N–H and O–H groups in total. The molecule has 1 atom stereocenters. The normalized spacial score (nSPS) is 11.6. The number of amides is 1. The Hall–Kier alpha value is -2.04. The van der Waals surface area contributed by atoms with Gasteiger partial charge in [0, 0.05) is 6.54 Å². The SMILES string of the molecule is CCOC(=O)CN(CC)C(=O)C(C)Oc1cccc(C)c1. The molecule has 0 saturated carbocycles. The van der Waals surface area contributed by atoms with E-state index < -0.39 is 12.1 Å². The summed E-state index contributed by atoms with van der Waals surface area (Å²) in [5.41, 5.74) is 1.06. The van der Waals surface area contributed by atoms with Crippen LogP contribution in [0, 0.1) is 6.92 Å². The van der Waals surface area contributed by atoms with Crippen molar-refractivity contribution in [1.29, 1.82) is 0 Å². The molecule has 0 aliphatic carbocycles. The molecule has 0 fully saturated rings. The molecule has 21 heavy (non-hydrogen) atoms. The Labute approximate surface area is 125 Å². The molecule has 1 aromatic rings. The number of rotatable bonds is 7. The molecule has 0 aliphatic rings. The van der Waals surface area contributed by atoms with Crippen molar-refractivity contribution in [2.24, 2.45) is 0 Å². The van der Waals surface area contributed by atoms with E-state index in [9.17, 15) is 9.59 Å². The monoisotopic (exact) mass is 293 g/mol. The van der Waals surface area contributed by atoms with Crippen molar-refractivity contribution in [3.05, 3.63) is 29.8 Å². The van der Waals surface area contributed by atoms with Gasteiger partial charge in [0.05, 0.1) is 6.61 Å². The minimum atomic E-state index is -0.652. The molecule has 0 saturated heterocycles. The first-order valence-electron chi connectivity index (χ1n) is 7.15. The van der Waals surface area contributed by atoms with Gasteiger partial charge in [-0.25, -0.2) is 0 Å². The predicted octanol–water partition coefficient (Wildman–Crippen LogP) is 2.17. The van der Waals surface area contributed by atoms with Crippen molar-refractivity contribution in [3.63, 3.8) is 0 Å². The molecule has 0 aromatic heterocycles. The summed E-state index contributed by atoms with van der Waals surface area (Å²) in [6.45, 7) is 7.87. The summed E-state index contributed by atoms with van der Waals surface area (Å²) >= 11 is 0. The molecular formula is C16H23NO4. The molecule has 0 bridgehead atoms. The second-order valence-corrected chi connectivity index (χ2v) is 4.73. The van der Waals surface area contributed by atoms with Gasteiger partial charge in [-0.3, -0.25) is 9.59 Å². The van der Waals surface area contributed by atoms with Crippen molar-refractivity contribution in [1.82, 2.24) is 4.90 Å². The van der Waals surface area contributed by atoms with Gasteiger partial charge >= 0.3 is 5.97 Å². The quantitative estimate of drug-likeness (QED) is 0.723. The zero-order chi connectivity index (χ0) is 15.8. The van der Waals surface area contributed by atoms with Gasteiger partial charge in [-0.05, 0) is 45.4 Å². The molecule has 0 heterocycles. The molecular weight excluding hydrogens is 270 g/mol. The maximum Gasteiger partial charge on any atom is 0.325 e. The third kappa shape index (κ3) is 5.45. The molecule has 0 radical (unpaired) electrons. The van der Waals surface area contributed by atoms with Crippen LogP contribution in [0.25, 0.3) is 0 Å². The van der Waals surface area contributed by atoms with Crippen LogP contribution in [0.5, 0.6) is 5.75 Å². The standard InChI is InChI=1S/C16H23NO4/c1-5-17(11-15(18)20-6-2)16(19)13(4)21-14-9-7-8-12(3)10-14/h7-10,13H,5-6,11H2,1-4H3. The Kier molecular flexibility index (Phi) is 6.72. The number of carbonyl (C=O) groups excluding carboxylic acids is 2. The smallest absolute Gasteiger partial charge is 0.325 e. The Balaban J connectivity index is 2.64. The molecule has 116 valence electrons. The summed E-state index contributed by atoms with van der Waals surface area (Å²) in [6, 6.07) is 7.50. The van der Waals surface area contributed by atoms with Crippen LogP contribution in [0.15, 0.2) is 24.3 Å². The number of ether oxygens (including phenoxy) is 2. The number of hydrogen-bond acceptors (Lipinski definition) is 4. The lowest BCUT2D eigenvalue weighted by Gasteiger charge is -2.24. The molecule has 1 aromatic carbocycles. The second-order valence-electron chi connectivity index (χ2n) is 4.73. The maximum atomic E-state index is 12.3. The van der Waals surface area contributed by atoms with E-state index in [1.165, 1.54) is 4.90 Å². The number of likely N-dealkylation sites (N-methyl/N-ethyl adjacent to an activating group) is 1. The predicted molar refractivity (Wildman–Crippen MR) is 80.2 cm³/mol. The fourth-order valence-electron chi connectivity index (χ4n) is 1.91. The van der Waals surface area contributed by atoms with Crippen LogP contribution in [0.1, 0.15) is 26.3 Å². The van der Waals surface area contributed by atoms with Gasteiger partial charge in [-0.2, -0.15) is 0 Å². The number of esters is 1. The molecule has 5 nitrogen and oxygen atoms in total. The summed E-state index contributed by atoms with van der Waals surface area (Å²) in [5, 5.41) is 0. The van der Waals surface area contributed by atoms with Crippen molar-refractivity contribution < 1.29 is 19.1 Å². The lowest BCUT2D eigenvalue weighted by atomic mass is 10.2. The van der Waals surface area contributed by atoms with Crippen molar-refractivity contribution in [2.45, 2.75) is 33.8 Å². The van der Waals surface area contributed by atoms with Gasteiger partial charge in [0.15, 0.2) is 6.10 Å². The van der Waals surface area contributed by atoms with E-state index in [4.69, 9.17) is 9.47 Å². The zero-order valence-corrected chi connectivity index (χ0v) is 13.1. The topological polar surface area (TPSA) is 55.8 Å². The van der Waals surface area contributed by atoms with Gasteiger partial charge in [0.2, 0.25) is 0 Å². The van der Waals surface area contributed by atoms with Gasteiger partial charge in [0.1, 0.15) is 12.3 Å². The average Bonchev–Trinajstić information content (AvgIpc) is 2.44. The first-order valence-corrected chi connectivity index (χ1v) is 7.15. The van der Waals surface area contributed by atoms with Gasteiger partial charge in [0.25, 0.3) is 5.91 Å². The first-order chi connectivity index (χ1) is 9.97. The number of carbonyl (C=O) groups is 2. The van der Waals surface area contributed by atoms with E-state index in [-0.39, 0.29) is 12.5 Å². The Bertz CT molecular complexity index is 487. The van der Waals surface area contributed by atoms with E-state index in [2.05, 4.69) is 0 Å². The first kappa shape index (κ1) is 17.0. The summed E-state index contributed by atoms with van der Waals surface area (Å²) in [5.74, 6) is 0.00514. The highest BCUT2D eigenvalue weighted by molar-refractivity contribution is 5.85. The number of aryl methyl sites for hydroxylation is 1. The van der Waals surface area contributed by atoms with Crippen LogP contribution in [-0.4, -0.2) is 42.6 Å². The van der Waals surface area contributed by atoms with Crippen LogP contribution in [0.3, 0.4) is 0 Å². The van der Waals surface area contributed by atoms with Gasteiger partial charge in [-0.15, -0.1) is 0 Å².